The fraction of sp³-hybridized carbons (Fsp3) is 0.565. The van der Waals surface area contributed by atoms with Gasteiger partial charge in [0.15, 0.2) is 0 Å². The summed E-state index contributed by atoms with van der Waals surface area (Å²) in [6, 6.07) is 9.88. The molecule has 0 radical (unpaired) electrons. The second-order valence-corrected chi connectivity index (χ2v) is 8.59. The normalized spacial score (nSPS) is 26.9. The molecule has 2 fully saturated rings. The molecule has 0 aliphatic heterocycles. The summed E-state index contributed by atoms with van der Waals surface area (Å²) in [5.41, 5.74) is 4.07. The molecular formula is C23H30ClN. The Bertz CT molecular complexity index is 637. The summed E-state index contributed by atoms with van der Waals surface area (Å²) in [7, 11) is 0. The molecule has 3 aliphatic carbocycles. The molecule has 1 aromatic carbocycles. The van der Waals surface area contributed by atoms with Gasteiger partial charge >= 0.3 is 0 Å². The van der Waals surface area contributed by atoms with E-state index in [1.165, 1.54) is 68.2 Å². The van der Waals surface area contributed by atoms with Crippen LogP contribution < -0.4 is 5.32 Å². The number of allylic oxidation sites excluding steroid dienone is 4. The van der Waals surface area contributed by atoms with Gasteiger partial charge in [-0.2, -0.15) is 0 Å². The molecule has 0 bridgehead atoms. The van der Waals surface area contributed by atoms with Crippen molar-refractivity contribution < 1.29 is 0 Å². The van der Waals surface area contributed by atoms with E-state index >= 15 is 0 Å². The highest BCUT2D eigenvalue weighted by molar-refractivity contribution is 6.30. The second-order valence-electron chi connectivity index (χ2n) is 8.11. The summed E-state index contributed by atoms with van der Waals surface area (Å²) in [6.45, 7) is 1.21. The Morgan fingerprint density at radius 2 is 1.84 bits per heavy atom. The molecule has 0 spiro atoms. The van der Waals surface area contributed by atoms with Gasteiger partial charge in [-0.15, -0.1) is 0 Å². The maximum atomic E-state index is 6.19. The topological polar surface area (TPSA) is 12.0 Å². The summed E-state index contributed by atoms with van der Waals surface area (Å²) in [4.78, 5) is 0. The van der Waals surface area contributed by atoms with Crippen molar-refractivity contribution in [1.29, 1.82) is 0 Å². The summed E-state index contributed by atoms with van der Waals surface area (Å²) >= 11 is 6.19. The van der Waals surface area contributed by atoms with Gasteiger partial charge in [0.25, 0.3) is 0 Å². The smallest absolute Gasteiger partial charge is 0.0190 e. The highest BCUT2D eigenvalue weighted by Crippen LogP contribution is 2.41. The molecule has 2 saturated carbocycles. The molecule has 3 aliphatic rings. The van der Waals surface area contributed by atoms with Crippen LogP contribution in [0.2, 0.25) is 0 Å². The minimum atomic E-state index is 0.706. The van der Waals surface area contributed by atoms with Gasteiger partial charge in [-0.05, 0) is 60.9 Å². The number of nitrogens with one attached hydrogen (secondary N) is 1. The van der Waals surface area contributed by atoms with E-state index in [1.54, 1.807) is 0 Å². The highest BCUT2D eigenvalue weighted by Gasteiger charge is 2.37. The molecule has 0 heterocycles. The molecule has 25 heavy (non-hydrogen) atoms. The van der Waals surface area contributed by atoms with Crippen LogP contribution in [0.4, 0.5) is 0 Å². The third-order valence-corrected chi connectivity index (χ3v) is 6.50. The lowest BCUT2D eigenvalue weighted by atomic mass is 9.87. The quantitative estimate of drug-likeness (QED) is 0.622. The molecule has 4 rings (SSSR count). The van der Waals surface area contributed by atoms with Crippen molar-refractivity contribution in [2.75, 3.05) is 6.54 Å². The maximum absolute atomic E-state index is 6.19. The predicted molar refractivity (Wildman–Crippen MR) is 108 cm³/mol. The first kappa shape index (κ1) is 17.4. The van der Waals surface area contributed by atoms with Crippen molar-refractivity contribution in [1.82, 2.24) is 5.32 Å². The third-order valence-electron chi connectivity index (χ3n) is 6.21. The van der Waals surface area contributed by atoms with E-state index in [4.69, 9.17) is 11.6 Å². The zero-order chi connectivity index (χ0) is 17.1. The lowest BCUT2D eigenvalue weighted by Gasteiger charge is -2.21. The molecule has 1 nitrogen and oxygen atoms in total. The van der Waals surface area contributed by atoms with Crippen LogP contribution in [0.5, 0.6) is 0 Å². The Kier molecular flexibility index (Phi) is 5.63. The van der Waals surface area contributed by atoms with Crippen LogP contribution in [0.15, 0.2) is 41.4 Å². The van der Waals surface area contributed by atoms with Gasteiger partial charge in [0, 0.05) is 17.0 Å². The fourth-order valence-corrected chi connectivity index (χ4v) is 4.75. The summed E-state index contributed by atoms with van der Waals surface area (Å²) in [5.74, 6) is 1.71. The van der Waals surface area contributed by atoms with Gasteiger partial charge in [0.05, 0.1) is 0 Å². The average Bonchev–Trinajstić information content (AvgIpc) is 3.42. The van der Waals surface area contributed by atoms with Crippen LogP contribution in [0.3, 0.4) is 0 Å². The SMILES string of the molecule is ClC1=CC(c2ccc(C3CC3NCCC3CCCCC3)cc2)=CCC1. The third kappa shape index (κ3) is 4.57. The zero-order valence-corrected chi connectivity index (χ0v) is 15.9. The van der Waals surface area contributed by atoms with Gasteiger partial charge in [-0.25, -0.2) is 0 Å². The Hall–Kier alpha value is -1.05. The van der Waals surface area contributed by atoms with E-state index < -0.39 is 0 Å². The minimum Gasteiger partial charge on any atom is -0.313 e. The van der Waals surface area contributed by atoms with Crippen LogP contribution in [0.1, 0.15) is 74.8 Å². The number of hydrogen-bond donors (Lipinski definition) is 1. The zero-order valence-electron chi connectivity index (χ0n) is 15.1. The molecule has 0 amide bonds. The van der Waals surface area contributed by atoms with Crippen molar-refractivity contribution in [3.05, 3.63) is 52.6 Å². The van der Waals surface area contributed by atoms with Crippen molar-refractivity contribution in [3.8, 4) is 0 Å². The summed E-state index contributed by atoms with van der Waals surface area (Å²) < 4.78 is 0. The van der Waals surface area contributed by atoms with E-state index in [-0.39, 0.29) is 0 Å². The predicted octanol–water partition coefficient (Wildman–Crippen LogP) is 6.40. The second kappa shape index (κ2) is 8.10. The van der Waals surface area contributed by atoms with Crippen molar-refractivity contribution in [2.45, 2.75) is 69.7 Å². The van der Waals surface area contributed by atoms with Gasteiger partial charge in [0.1, 0.15) is 0 Å². The fourth-order valence-electron chi connectivity index (χ4n) is 4.53. The lowest BCUT2D eigenvalue weighted by molar-refractivity contribution is 0.333. The highest BCUT2D eigenvalue weighted by atomic mass is 35.5. The van der Waals surface area contributed by atoms with Crippen LogP contribution in [0, 0.1) is 5.92 Å². The molecule has 0 aromatic heterocycles. The van der Waals surface area contributed by atoms with Crippen LogP contribution in [-0.4, -0.2) is 12.6 Å². The summed E-state index contributed by atoms with van der Waals surface area (Å²) in [5, 5.41) is 4.78. The molecular weight excluding hydrogens is 326 g/mol. The molecule has 0 saturated heterocycles. The van der Waals surface area contributed by atoms with E-state index in [1.807, 2.05) is 0 Å². The number of halogens is 1. The minimum absolute atomic E-state index is 0.706. The Morgan fingerprint density at radius 3 is 2.60 bits per heavy atom. The van der Waals surface area contributed by atoms with Gasteiger partial charge in [0.2, 0.25) is 0 Å². The maximum Gasteiger partial charge on any atom is 0.0190 e. The Labute approximate surface area is 157 Å². The van der Waals surface area contributed by atoms with E-state index in [0.717, 1.165) is 29.7 Å². The van der Waals surface area contributed by atoms with Crippen LogP contribution >= 0.6 is 11.6 Å². The van der Waals surface area contributed by atoms with E-state index in [9.17, 15) is 0 Å². The van der Waals surface area contributed by atoms with E-state index in [0.29, 0.717) is 6.04 Å². The first-order valence-corrected chi connectivity index (χ1v) is 10.6. The molecule has 1 aromatic rings. The monoisotopic (exact) mass is 355 g/mol. The number of hydrogen-bond acceptors (Lipinski definition) is 1. The van der Waals surface area contributed by atoms with Crippen LogP contribution in [-0.2, 0) is 0 Å². The van der Waals surface area contributed by atoms with Crippen molar-refractivity contribution in [3.63, 3.8) is 0 Å². The lowest BCUT2D eigenvalue weighted by Crippen LogP contribution is -2.22. The van der Waals surface area contributed by atoms with Crippen molar-refractivity contribution >= 4 is 17.2 Å². The Balaban J connectivity index is 1.25. The molecule has 1 N–H and O–H groups in total. The largest absolute Gasteiger partial charge is 0.313 e. The van der Waals surface area contributed by atoms with E-state index in [2.05, 4.69) is 41.7 Å². The number of benzene rings is 1. The average molecular weight is 356 g/mol. The summed E-state index contributed by atoms with van der Waals surface area (Å²) in [6.07, 6.45) is 16.4. The molecule has 134 valence electrons. The molecule has 2 unspecified atom stereocenters. The Morgan fingerprint density at radius 1 is 1.04 bits per heavy atom. The molecule has 2 heteroatoms. The standard InChI is InChI=1S/C23H30ClN/c24-21-8-4-7-20(15-21)18-9-11-19(12-10-18)22-16-23(22)25-14-13-17-5-2-1-3-6-17/h7,9-12,15,17,22-23,25H,1-6,8,13-14,16H2. The number of rotatable bonds is 6. The first-order chi connectivity index (χ1) is 12.3. The first-order valence-electron chi connectivity index (χ1n) is 10.2. The van der Waals surface area contributed by atoms with Crippen LogP contribution in [0.25, 0.3) is 5.57 Å². The van der Waals surface area contributed by atoms with Gasteiger partial charge < -0.3 is 5.32 Å². The van der Waals surface area contributed by atoms with Gasteiger partial charge in [-0.1, -0.05) is 74.0 Å². The van der Waals surface area contributed by atoms with Gasteiger partial charge in [-0.3, -0.25) is 0 Å². The van der Waals surface area contributed by atoms with Crippen molar-refractivity contribution in [2.24, 2.45) is 5.92 Å². The molecule has 2 atom stereocenters.